The van der Waals surface area contributed by atoms with Crippen LogP contribution in [-0.4, -0.2) is 58.3 Å². The van der Waals surface area contributed by atoms with Gasteiger partial charge in [0, 0.05) is 35.4 Å². The number of carbonyl (C=O) groups is 1. The number of hydrogen-bond donors (Lipinski definition) is 0. The molecule has 1 fully saturated rings. The number of carbonyl (C=O) groups excluding carboxylic acids is 1. The van der Waals surface area contributed by atoms with Gasteiger partial charge in [0.1, 0.15) is 5.75 Å². The van der Waals surface area contributed by atoms with E-state index >= 15 is 0 Å². The molecule has 7 heteroatoms. The van der Waals surface area contributed by atoms with Crippen LogP contribution < -0.4 is 19.1 Å². The highest BCUT2D eigenvalue weighted by atomic mass is 127. The maximum atomic E-state index is 13.2. The SMILES string of the molecule is COc1ccc(N2CCCN(C(=O)c3cc(OC)c(OC)cc3I)CC2)cc1. The van der Waals surface area contributed by atoms with Gasteiger partial charge in [0.25, 0.3) is 5.91 Å². The van der Waals surface area contributed by atoms with Crippen LogP contribution >= 0.6 is 22.6 Å². The number of amides is 1. The largest absolute Gasteiger partial charge is 0.497 e. The molecule has 150 valence electrons. The normalized spacial score (nSPS) is 14.4. The molecule has 0 radical (unpaired) electrons. The Hall–Kier alpha value is -2.16. The van der Waals surface area contributed by atoms with E-state index in [0.29, 0.717) is 23.6 Å². The Labute approximate surface area is 179 Å². The van der Waals surface area contributed by atoms with Gasteiger partial charge in [-0.15, -0.1) is 0 Å². The molecule has 2 aromatic carbocycles. The number of anilines is 1. The fourth-order valence-corrected chi connectivity index (χ4v) is 4.03. The van der Waals surface area contributed by atoms with Gasteiger partial charge in [-0.1, -0.05) is 0 Å². The van der Waals surface area contributed by atoms with Crippen molar-refractivity contribution in [1.29, 1.82) is 0 Å². The average molecular weight is 496 g/mol. The smallest absolute Gasteiger partial charge is 0.255 e. The van der Waals surface area contributed by atoms with Crippen molar-refractivity contribution in [3.05, 3.63) is 45.5 Å². The van der Waals surface area contributed by atoms with Crippen LogP contribution in [0.5, 0.6) is 17.2 Å². The van der Waals surface area contributed by atoms with E-state index in [9.17, 15) is 4.79 Å². The Morgan fingerprint density at radius 1 is 0.893 bits per heavy atom. The second-order valence-corrected chi connectivity index (χ2v) is 7.68. The van der Waals surface area contributed by atoms with Gasteiger partial charge in [0.2, 0.25) is 0 Å². The summed E-state index contributed by atoms with van der Waals surface area (Å²) in [6.07, 6.45) is 0.918. The van der Waals surface area contributed by atoms with Gasteiger partial charge in [0.05, 0.1) is 26.9 Å². The number of ether oxygens (including phenoxy) is 3. The molecule has 1 heterocycles. The minimum absolute atomic E-state index is 0.0296. The molecule has 1 aliphatic heterocycles. The van der Waals surface area contributed by atoms with Crippen LogP contribution in [0.1, 0.15) is 16.8 Å². The first-order valence-corrected chi connectivity index (χ1v) is 10.2. The molecular formula is C21H25IN2O4. The van der Waals surface area contributed by atoms with E-state index < -0.39 is 0 Å². The summed E-state index contributed by atoms with van der Waals surface area (Å²) in [4.78, 5) is 17.4. The van der Waals surface area contributed by atoms with Crippen molar-refractivity contribution in [2.75, 3.05) is 52.4 Å². The number of methoxy groups -OCH3 is 3. The first-order chi connectivity index (χ1) is 13.6. The number of benzene rings is 2. The Morgan fingerprint density at radius 2 is 1.57 bits per heavy atom. The van der Waals surface area contributed by atoms with E-state index in [2.05, 4.69) is 39.6 Å². The molecular weight excluding hydrogens is 471 g/mol. The van der Waals surface area contributed by atoms with E-state index in [1.54, 1.807) is 27.4 Å². The molecule has 0 saturated carbocycles. The Morgan fingerprint density at radius 3 is 2.21 bits per heavy atom. The summed E-state index contributed by atoms with van der Waals surface area (Å²) in [5.41, 5.74) is 1.80. The quantitative estimate of drug-likeness (QED) is 0.592. The van der Waals surface area contributed by atoms with Crippen LogP contribution in [0.3, 0.4) is 0 Å². The molecule has 0 N–H and O–H groups in total. The van der Waals surface area contributed by atoms with Gasteiger partial charge in [-0.3, -0.25) is 4.79 Å². The molecule has 1 saturated heterocycles. The van der Waals surface area contributed by atoms with Crippen LogP contribution in [0.15, 0.2) is 36.4 Å². The number of nitrogens with zero attached hydrogens (tertiary/aromatic N) is 2. The molecule has 1 aliphatic rings. The van der Waals surface area contributed by atoms with E-state index in [-0.39, 0.29) is 5.91 Å². The molecule has 0 atom stereocenters. The second kappa shape index (κ2) is 9.36. The fourth-order valence-electron chi connectivity index (χ4n) is 3.36. The molecule has 0 spiro atoms. The van der Waals surface area contributed by atoms with Gasteiger partial charge in [-0.2, -0.15) is 0 Å². The van der Waals surface area contributed by atoms with Crippen molar-refractivity contribution in [1.82, 2.24) is 4.90 Å². The molecule has 3 rings (SSSR count). The van der Waals surface area contributed by atoms with Crippen molar-refractivity contribution in [2.45, 2.75) is 6.42 Å². The van der Waals surface area contributed by atoms with Crippen LogP contribution in [0.25, 0.3) is 0 Å². The predicted molar refractivity (Wildman–Crippen MR) is 118 cm³/mol. The highest BCUT2D eigenvalue weighted by Gasteiger charge is 2.23. The Bertz CT molecular complexity index is 826. The molecule has 0 aromatic heterocycles. The summed E-state index contributed by atoms with van der Waals surface area (Å²) in [6.45, 7) is 3.12. The highest BCUT2D eigenvalue weighted by Crippen LogP contribution is 2.32. The lowest BCUT2D eigenvalue weighted by Gasteiger charge is -2.24. The zero-order chi connectivity index (χ0) is 20.1. The molecule has 0 aliphatic carbocycles. The Kier molecular flexibility index (Phi) is 6.88. The van der Waals surface area contributed by atoms with Crippen LogP contribution in [0.2, 0.25) is 0 Å². The molecule has 28 heavy (non-hydrogen) atoms. The third-order valence-corrected chi connectivity index (χ3v) is 5.82. The van der Waals surface area contributed by atoms with Crippen LogP contribution in [-0.2, 0) is 0 Å². The molecule has 1 amide bonds. The first-order valence-electron chi connectivity index (χ1n) is 9.17. The van der Waals surface area contributed by atoms with Crippen molar-refractivity contribution in [3.8, 4) is 17.2 Å². The van der Waals surface area contributed by atoms with Crippen molar-refractivity contribution >= 4 is 34.2 Å². The van der Waals surface area contributed by atoms with E-state index in [1.165, 1.54) is 0 Å². The van der Waals surface area contributed by atoms with Crippen molar-refractivity contribution in [2.24, 2.45) is 0 Å². The summed E-state index contributed by atoms with van der Waals surface area (Å²) in [5, 5.41) is 0. The Balaban J connectivity index is 1.73. The lowest BCUT2D eigenvalue weighted by Crippen LogP contribution is -2.35. The average Bonchev–Trinajstić information content (AvgIpc) is 2.99. The second-order valence-electron chi connectivity index (χ2n) is 6.52. The number of rotatable bonds is 5. The van der Waals surface area contributed by atoms with Crippen molar-refractivity contribution in [3.63, 3.8) is 0 Å². The maximum absolute atomic E-state index is 13.2. The minimum Gasteiger partial charge on any atom is -0.497 e. The predicted octanol–water partition coefficient (Wildman–Crippen LogP) is 3.67. The molecule has 2 aromatic rings. The van der Waals surface area contributed by atoms with Gasteiger partial charge in [-0.05, 0) is 65.4 Å². The lowest BCUT2D eigenvalue weighted by atomic mass is 10.1. The minimum atomic E-state index is 0.0296. The zero-order valence-electron chi connectivity index (χ0n) is 16.4. The van der Waals surface area contributed by atoms with Gasteiger partial charge < -0.3 is 24.0 Å². The number of hydrogen-bond acceptors (Lipinski definition) is 5. The van der Waals surface area contributed by atoms with Crippen LogP contribution in [0, 0.1) is 3.57 Å². The molecule has 0 unspecified atom stereocenters. The molecule has 6 nitrogen and oxygen atoms in total. The van der Waals surface area contributed by atoms with Gasteiger partial charge in [-0.25, -0.2) is 0 Å². The number of halogens is 1. The molecule has 0 bridgehead atoms. The van der Waals surface area contributed by atoms with Crippen molar-refractivity contribution < 1.29 is 19.0 Å². The van der Waals surface area contributed by atoms with E-state index in [4.69, 9.17) is 14.2 Å². The summed E-state index contributed by atoms with van der Waals surface area (Å²) in [5.74, 6) is 2.08. The summed E-state index contributed by atoms with van der Waals surface area (Å²) >= 11 is 2.18. The monoisotopic (exact) mass is 496 g/mol. The third-order valence-electron chi connectivity index (χ3n) is 4.92. The van der Waals surface area contributed by atoms with Gasteiger partial charge >= 0.3 is 0 Å². The third kappa shape index (κ3) is 4.45. The van der Waals surface area contributed by atoms with Gasteiger partial charge in [0.15, 0.2) is 11.5 Å². The lowest BCUT2D eigenvalue weighted by molar-refractivity contribution is 0.0765. The van der Waals surface area contributed by atoms with E-state index in [0.717, 1.165) is 41.1 Å². The fraction of sp³-hybridized carbons (Fsp3) is 0.381. The van der Waals surface area contributed by atoms with E-state index in [1.807, 2.05) is 23.1 Å². The maximum Gasteiger partial charge on any atom is 0.255 e. The zero-order valence-corrected chi connectivity index (χ0v) is 18.6. The summed E-state index contributed by atoms with van der Waals surface area (Å²) in [6, 6.07) is 11.7. The highest BCUT2D eigenvalue weighted by molar-refractivity contribution is 14.1. The summed E-state index contributed by atoms with van der Waals surface area (Å²) in [7, 11) is 4.84. The topological polar surface area (TPSA) is 51.2 Å². The standard InChI is InChI=1S/C21H25IN2O4/c1-26-16-7-5-15(6-8-16)23-9-4-10-24(12-11-23)21(25)17-13-19(27-2)20(28-3)14-18(17)22/h5-8,13-14H,4,9-12H2,1-3H3. The summed E-state index contributed by atoms with van der Waals surface area (Å²) < 4.78 is 16.8. The first kappa shape index (κ1) is 20.6. The van der Waals surface area contributed by atoms with Crippen LogP contribution in [0.4, 0.5) is 5.69 Å².